The predicted molar refractivity (Wildman–Crippen MR) is 72.3 cm³/mol. The van der Waals surface area contributed by atoms with Gasteiger partial charge in [0, 0.05) is 24.7 Å². The number of H-pyrrole nitrogens is 1. The molecule has 0 radical (unpaired) electrons. The molecule has 1 fully saturated rings. The second kappa shape index (κ2) is 4.85. The van der Waals surface area contributed by atoms with Crippen molar-refractivity contribution in [2.45, 2.75) is 18.9 Å². The molecule has 0 saturated carbocycles. The Morgan fingerprint density at radius 2 is 2.37 bits per heavy atom. The summed E-state index contributed by atoms with van der Waals surface area (Å²) in [5.41, 5.74) is 1.49. The van der Waals surface area contributed by atoms with Crippen LogP contribution in [0.2, 0.25) is 0 Å². The van der Waals surface area contributed by atoms with Crippen LogP contribution in [0.4, 0.5) is 11.6 Å². The van der Waals surface area contributed by atoms with Crippen molar-refractivity contribution in [3.05, 3.63) is 28.3 Å². The van der Waals surface area contributed by atoms with Gasteiger partial charge < -0.3 is 15.6 Å². The highest BCUT2D eigenvalue weighted by molar-refractivity contribution is 5.79. The van der Waals surface area contributed by atoms with Gasteiger partial charge in [0.1, 0.15) is 0 Å². The molecular weight excluding hydrogens is 246 g/mol. The van der Waals surface area contributed by atoms with Crippen LogP contribution in [-0.4, -0.2) is 34.0 Å². The zero-order valence-electron chi connectivity index (χ0n) is 10.3. The second-order valence-electron chi connectivity index (χ2n) is 4.73. The second-order valence-corrected chi connectivity index (χ2v) is 4.73. The van der Waals surface area contributed by atoms with Crippen LogP contribution in [0.15, 0.2) is 18.2 Å². The van der Waals surface area contributed by atoms with E-state index < -0.39 is 4.92 Å². The lowest BCUT2D eigenvalue weighted by molar-refractivity contribution is -0.384. The van der Waals surface area contributed by atoms with Crippen molar-refractivity contribution in [1.82, 2.24) is 15.3 Å². The lowest BCUT2D eigenvalue weighted by Gasteiger charge is -2.23. The molecule has 1 aromatic heterocycles. The summed E-state index contributed by atoms with van der Waals surface area (Å²) in [6.07, 6.45) is 2.24. The Labute approximate surface area is 109 Å². The Hall–Kier alpha value is -2.15. The number of benzene rings is 1. The third-order valence-electron chi connectivity index (χ3n) is 3.31. The molecule has 0 unspecified atom stereocenters. The zero-order chi connectivity index (χ0) is 13.2. The van der Waals surface area contributed by atoms with Gasteiger partial charge in [0.15, 0.2) is 0 Å². The molecule has 19 heavy (non-hydrogen) atoms. The van der Waals surface area contributed by atoms with Gasteiger partial charge in [-0.1, -0.05) is 0 Å². The molecule has 7 nitrogen and oxygen atoms in total. The average Bonchev–Trinajstić information content (AvgIpc) is 2.80. The number of non-ortho nitro benzene ring substituents is 1. The van der Waals surface area contributed by atoms with Crippen molar-refractivity contribution in [2.75, 3.05) is 18.4 Å². The highest BCUT2D eigenvalue weighted by Crippen LogP contribution is 2.21. The van der Waals surface area contributed by atoms with Crippen molar-refractivity contribution < 1.29 is 4.92 Å². The van der Waals surface area contributed by atoms with Gasteiger partial charge in [-0.05, 0) is 25.5 Å². The maximum Gasteiger partial charge on any atom is 0.271 e. The Morgan fingerprint density at radius 1 is 1.47 bits per heavy atom. The maximum atomic E-state index is 10.7. The van der Waals surface area contributed by atoms with Gasteiger partial charge in [0.25, 0.3) is 5.69 Å². The van der Waals surface area contributed by atoms with E-state index in [4.69, 9.17) is 0 Å². The number of aromatic nitrogens is 2. The summed E-state index contributed by atoms with van der Waals surface area (Å²) in [6.45, 7) is 1.97. The van der Waals surface area contributed by atoms with E-state index in [-0.39, 0.29) is 5.69 Å². The standard InChI is InChI=1S/C12H15N5O2/c18-17(19)9-3-4-10-11(6-9)16-12(15-10)14-8-2-1-5-13-7-8/h3-4,6,8,13H,1-2,5,7H2,(H2,14,15,16)/t8-/m1/s1. The summed E-state index contributed by atoms with van der Waals surface area (Å²) in [5, 5.41) is 17.4. The minimum atomic E-state index is -0.404. The topological polar surface area (TPSA) is 95.9 Å². The molecule has 2 heterocycles. The van der Waals surface area contributed by atoms with E-state index in [2.05, 4.69) is 20.6 Å². The summed E-state index contributed by atoms with van der Waals surface area (Å²) in [4.78, 5) is 17.8. The number of imidazole rings is 1. The third kappa shape index (κ3) is 2.50. The molecule has 0 bridgehead atoms. The van der Waals surface area contributed by atoms with Crippen molar-refractivity contribution in [3.8, 4) is 0 Å². The fourth-order valence-electron chi connectivity index (χ4n) is 2.35. The Balaban J connectivity index is 1.82. The van der Waals surface area contributed by atoms with Crippen molar-refractivity contribution in [3.63, 3.8) is 0 Å². The van der Waals surface area contributed by atoms with Crippen LogP contribution in [0, 0.1) is 10.1 Å². The number of nitrogens with zero attached hydrogens (tertiary/aromatic N) is 2. The minimum absolute atomic E-state index is 0.0713. The normalized spacial score (nSPS) is 19.5. The van der Waals surface area contributed by atoms with Gasteiger partial charge in [-0.25, -0.2) is 4.98 Å². The number of rotatable bonds is 3. The summed E-state index contributed by atoms with van der Waals surface area (Å²) in [6, 6.07) is 4.99. The molecule has 1 aliphatic heterocycles. The Bertz CT molecular complexity index is 603. The highest BCUT2D eigenvalue weighted by atomic mass is 16.6. The number of piperidine rings is 1. The third-order valence-corrected chi connectivity index (χ3v) is 3.31. The fourth-order valence-corrected chi connectivity index (χ4v) is 2.35. The Kier molecular flexibility index (Phi) is 3.04. The van der Waals surface area contributed by atoms with E-state index in [1.165, 1.54) is 12.1 Å². The van der Waals surface area contributed by atoms with Crippen LogP contribution in [-0.2, 0) is 0 Å². The molecule has 0 aliphatic carbocycles. The first kappa shape index (κ1) is 11.9. The summed E-state index contributed by atoms with van der Waals surface area (Å²) in [5.74, 6) is 0.671. The molecule has 1 aliphatic rings. The maximum absolute atomic E-state index is 10.7. The fraction of sp³-hybridized carbons (Fsp3) is 0.417. The molecule has 3 N–H and O–H groups in total. The number of hydrogen-bond acceptors (Lipinski definition) is 5. The molecule has 0 spiro atoms. The van der Waals surface area contributed by atoms with Crippen LogP contribution in [0.25, 0.3) is 11.0 Å². The van der Waals surface area contributed by atoms with E-state index in [1.54, 1.807) is 6.07 Å². The number of hydrogen-bond donors (Lipinski definition) is 3. The number of aromatic amines is 1. The zero-order valence-corrected chi connectivity index (χ0v) is 10.3. The molecule has 1 saturated heterocycles. The quantitative estimate of drug-likeness (QED) is 0.576. The van der Waals surface area contributed by atoms with Crippen LogP contribution in [0.5, 0.6) is 0 Å². The first-order valence-electron chi connectivity index (χ1n) is 6.34. The van der Waals surface area contributed by atoms with Crippen LogP contribution < -0.4 is 10.6 Å². The van der Waals surface area contributed by atoms with Crippen molar-refractivity contribution in [1.29, 1.82) is 0 Å². The lowest BCUT2D eigenvalue weighted by atomic mass is 10.1. The van der Waals surface area contributed by atoms with Crippen LogP contribution >= 0.6 is 0 Å². The van der Waals surface area contributed by atoms with Gasteiger partial charge in [-0.2, -0.15) is 0 Å². The Morgan fingerprint density at radius 3 is 3.11 bits per heavy atom. The average molecular weight is 261 g/mol. The van der Waals surface area contributed by atoms with E-state index in [1.807, 2.05) is 0 Å². The summed E-state index contributed by atoms with van der Waals surface area (Å²) < 4.78 is 0. The van der Waals surface area contributed by atoms with E-state index in [0.717, 1.165) is 31.4 Å². The molecule has 1 aromatic carbocycles. The first-order chi connectivity index (χ1) is 9.22. The highest BCUT2D eigenvalue weighted by Gasteiger charge is 2.15. The molecule has 7 heteroatoms. The van der Waals surface area contributed by atoms with Gasteiger partial charge in [-0.15, -0.1) is 0 Å². The van der Waals surface area contributed by atoms with Gasteiger partial charge in [0.2, 0.25) is 5.95 Å². The van der Waals surface area contributed by atoms with Crippen molar-refractivity contribution >= 4 is 22.7 Å². The molecule has 100 valence electrons. The first-order valence-corrected chi connectivity index (χ1v) is 6.34. The number of nitro benzene ring substituents is 1. The molecular formula is C12H15N5O2. The number of anilines is 1. The van der Waals surface area contributed by atoms with Crippen LogP contribution in [0.1, 0.15) is 12.8 Å². The molecule has 2 aromatic rings. The van der Waals surface area contributed by atoms with E-state index >= 15 is 0 Å². The number of fused-ring (bicyclic) bond motifs is 1. The van der Waals surface area contributed by atoms with E-state index in [9.17, 15) is 10.1 Å². The molecule has 1 atom stereocenters. The molecule has 0 amide bonds. The lowest BCUT2D eigenvalue weighted by Crippen LogP contribution is -2.38. The predicted octanol–water partition coefficient (Wildman–Crippen LogP) is 1.63. The van der Waals surface area contributed by atoms with Gasteiger partial charge in [0.05, 0.1) is 16.0 Å². The molecule has 3 rings (SSSR count). The minimum Gasteiger partial charge on any atom is -0.352 e. The largest absolute Gasteiger partial charge is 0.352 e. The van der Waals surface area contributed by atoms with Crippen molar-refractivity contribution in [2.24, 2.45) is 0 Å². The summed E-state index contributed by atoms with van der Waals surface area (Å²) in [7, 11) is 0. The van der Waals surface area contributed by atoms with E-state index in [0.29, 0.717) is 17.5 Å². The number of nitrogens with one attached hydrogen (secondary N) is 3. The summed E-state index contributed by atoms with van der Waals surface area (Å²) >= 11 is 0. The number of nitro groups is 1. The van der Waals surface area contributed by atoms with Gasteiger partial charge in [-0.3, -0.25) is 10.1 Å². The monoisotopic (exact) mass is 261 g/mol. The smallest absolute Gasteiger partial charge is 0.271 e. The SMILES string of the molecule is O=[N+]([O-])c1ccc2nc(N[C@@H]3CCCNC3)[nH]c2c1. The van der Waals surface area contributed by atoms with Crippen LogP contribution in [0.3, 0.4) is 0 Å². The van der Waals surface area contributed by atoms with Gasteiger partial charge >= 0.3 is 0 Å².